The highest BCUT2D eigenvalue weighted by atomic mass is 16.6. The van der Waals surface area contributed by atoms with Crippen LogP contribution in [0.15, 0.2) is 0 Å². The molecular weight excluding hydrogens is 1420 g/mol. The van der Waals surface area contributed by atoms with Crippen LogP contribution in [0.4, 0.5) is 14.4 Å². The van der Waals surface area contributed by atoms with E-state index >= 15 is 0 Å². The van der Waals surface area contributed by atoms with Crippen molar-refractivity contribution in [1.29, 1.82) is 0 Å². The summed E-state index contributed by atoms with van der Waals surface area (Å²) in [6.07, 6.45) is 83.3. The van der Waals surface area contributed by atoms with Gasteiger partial charge in [0.05, 0.1) is 63.2 Å². The van der Waals surface area contributed by atoms with Gasteiger partial charge in [-0.05, 0) is 44.9 Å². The zero-order valence-corrected chi connectivity index (χ0v) is 77.2. The summed E-state index contributed by atoms with van der Waals surface area (Å²) in [6.45, 7) is 20.8. The number of carbonyl (C=O) groups excluding carboxylic acids is 3. The molecule has 0 spiro atoms. The number of amides is 3. The van der Waals surface area contributed by atoms with Gasteiger partial charge < -0.3 is 58.6 Å². The summed E-state index contributed by atoms with van der Waals surface area (Å²) in [5.41, 5.74) is -1.11. The number of rotatable bonds is 97. The molecule has 0 rings (SSSR count). The molecule has 114 heavy (non-hydrogen) atoms. The topological polar surface area (TPSA) is 170 Å². The van der Waals surface area contributed by atoms with Crippen LogP contribution < -0.4 is 16.0 Å². The van der Waals surface area contributed by atoms with E-state index in [0.29, 0.717) is 85.7 Å². The highest BCUT2D eigenvalue weighted by Gasteiger charge is 2.37. The van der Waals surface area contributed by atoms with Crippen molar-refractivity contribution >= 4 is 18.3 Å². The summed E-state index contributed by atoms with van der Waals surface area (Å²) < 4.78 is 57.1. The van der Waals surface area contributed by atoms with E-state index in [1.807, 2.05) is 0 Å². The molecule has 0 unspecified atom stereocenters. The molecule has 0 atom stereocenters. The van der Waals surface area contributed by atoms with E-state index in [0.717, 1.165) is 103 Å². The third-order valence-electron chi connectivity index (χ3n) is 23.1. The van der Waals surface area contributed by atoms with Crippen LogP contribution in [0.2, 0.25) is 0 Å². The van der Waals surface area contributed by atoms with Crippen molar-refractivity contribution in [3.05, 3.63) is 0 Å². The highest BCUT2D eigenvalue weighted by molar-refractivity contribution is 5.69. The number of hydrogen-bond acceptors (Lipinski definition) is 12. The van der Waals surface area contributed by atoms with Crippen LogP contribution in [0.25, 0.3) is 0 Å². The van der Waals surface area contributed by atoms with Gasteiger partial charge in [0.1, 0.15) is 19.8 Å². The number of unbranched alkanes of at least 4 members (excludes halogenated alkanes) is 62. The number of alkyl carbamates (subject to hydrolysis) is 3. The van der Waals surface area contributed by atoms with Gasteiger partial charge in [-0.2, -0.15) is 0 Å². The van der Waals surface area contributed by atoms with Crippen molar-refractivity contribution < 1.29 is 57.0 Å². The van der Waals surface area contributed by atoms with Gasteiger partial charge in [0.15, 0.2) is 0 Å². The van der Waals surface area contributed by atoms with E-state index in [9.17, 15) is 14.4 Å². The Balaban J connectivity index is 7.05. The summed E-state index contributed by atoms with van der Waals surface area (Å²) >= 11 is 0. The molecule has 0 saturated carbocycles. The van der Waals surface area contributed by atoms with Crippen molar-refractivity contribution in [2.45, 2.75) is 516 Å². The van der Waals surface area contributed by atoms with E-state index < -0.39 is 41.8 Å². The highest BCUT2D eigenvalue weighted by Crippen LogP contribution is 2.29. The third kappa shape index (κ3) is 84.6. The van der Waals surface area contributed by atoms with Crippen LogP contribution in [-0.4, -0.2) is 136 Å². The van der Waals surface area contributed by atoms with Crippen LogP contribution in [0.3, 0.4) is 0 Å². The normalized spacial score (nSPS) is 11.8. The van der Waals surface area contributed by atoms with E-state index in [2.05, 4.69) is 64.4 Å². The van der Waals surface area contributed by atoms with Gasteiger partial charge in [-0.15, -0.1) is 0 Å². The fourth-order valence-electron chi connectivity index (χ4n) is 15.3. The van der Waals surface area contributed by atoms with Gasteiger partial charge in [0.25, 0.3) is 0 Å². The molecular formula is C99H197N3O12. The second-order valence-electron chi connectivity index (χ2n) is 34.9. The maximum absolute atomic E-state index is 14.5. The monoisotopic (exact) mass is 1620 g/mol. The van der Waals surface area contributed by atoms with Gasteiger partial charge in [-0.3, -0.25) is 0 Å². The minimum Gasteiger partial charge on any atom is -0.449 e. The molecule has 0 aliphatic heterocycles. The molecule has 0 fully saturated rings. The fourth-order valence-corrected chi connectivity index (χ4v) is 15.3. The zero-order chi connectivity index (χ0) is 82.6. The fraction of sp³-hybridized carbons (Fsp3) is 0.970. The summed E-state index contributed by atoms with van der Waals surface area (Å²) in [5, 5.41) is 9.44. The molecule has 0 aliphatic carbocycles. The molecule has 0 aromatic heterocycles. The molecule has 0 bridgehead atoms. The average molecular weight is 1620 g/mol. The molecule has 3 N–H and O–H groups in total. The molecule has 0 aromatic rings. The SMILES string of the molecule is CCCCCCCCCCCCOCC(COCCCCCCCCCCCC)NC(=O)OCC(CCCCCCCCCCC)(COC(=O)NC(COCCCCCCCCCCCC)COCCCCCCCCCCCC)COC(=O)NC(COCCCCCCCCCCCC)COCCCCCCCCCCCC. The van der Waals surface area contributed by atoms with E-state index in [1.54, 1.807) is 0 Å². The van der Waals surface area contributed by atoms with Gasteiger partial charge in [-0.25, -0.2) is 14.4 Å². The number of carbonyl (C=O) groups is 3. The molecule has 15 heteroatoms. The third-order valence-corrected chi connectivity index (χ3v) is 23.1. The molecule has 0 saturated heterocycles. The van der Waals surface area contributed by atoms with E-state index in [-0.39, 0.29) is 19.8 Å². The van der Waals surface area contributed by atoms with Crippen LogP contribution in [-0.2, 0) is 42.6 Å². The van der Waals surface area contributed by atoms with Crippen LogP contribution in [0.1, 0.15) is 498 Å². The Morgan fingerprint density at radius 1 is 0.193 bits per heavy atom. The molecule has 680 valence electrons. The van der Waals surface area contributed by atoms with Crippen molar-refractivity contribution in [3.63, 3.8) is 0 Å². The Morgan fingerprint density at radius 3 is 0.474 bits per heavy atom. The van der Waals surface area contributed by atoms with E-state index in [1.165, 1.54) is 340 Å². The maximum atomic E-state index is 14.5. The number of hydrogen-bond donors (Lipinski definition) is 3. The Kier molecular flexibility index (Phi) is 92.4. The second-order valence-corrected chi connectivity index (χ2v) is 34.9. The quantitative estimate of drug-likeness (QED) is 0.0390. The predicted octanol–water partition coefficient (Wildman–Crippen LogP) is 29.8. The number of ether oxygens (including phenoxy) is 9. The molecule has 0 heterocycles. The molecule has 15 nitrogen and oxygen atoms in total. The van der Waals surface area contributed by atoms with Crippen LogP contribution in [0.5, 0.6) is 0 Å². The van der Waals surface area contributed by atoms with Crippen molar-refractivity contribution in [2.24, 2.45) is 5.41 Å². The van der Waals surface area contributed by atoms with E-state index in [4.69, 9.17) is 42.6 Å². The molecule has 0 aromatic carbocycles. The number of nitrogens with one attached hydrogen (secondary N) is 3. The summed E-state index contributed by atoms with van der Waals surface area (Å²) in [6, 6.07) is -1.35. The maximum Gasteiger partial charge on any atom is 0.407 e. The van der Waals surface area contributed by atoms with Gasteiger partial charge in [0.2, 0.25) is 0 Å². The Labute approximate surface area is 708 Å². The van der Waals surface area contributed by atoms with Crippen molar-refractivity contribution in [3.8, 4) is 0 Å². The van der Waals surface area contributed by atoms with Crippen LogP contribution >= 0.6 is 0 Å². The van der Waals surface area contributed by atoms with Crippen molar-refractivity contribution in [2.75, 3.05) is 99.1 Å². The second kappa shape index (κ2) is 94.4. The summed E-state index contributed by atoms with van der Waals surface area (Å²) in [5.74, 6) is 0. The summed E-state index contributed by atoms with van der Waals surface area (Å²) in [4.78, 5) is 43.5. The first-order valence-corrected chi connectivity index (χ1v) is 50.5. The Hall–Kier alpha value is -2.43. The van der Waals surface area contributed by atoms with Crippen molar-refractivity contribution in [1.82, 2.24) is 16.0 Å². The lowest BCUT2D eigenvalue weighted by Crippen LogP contribution is -2.48. The Morgan fingerprint density at radius 2 is 0.325 bits per heavy atom. The van der Waals surface area contributed by atoms with Gasteiger partial charge >= 0.3 is 18.3 Å². The first kappa shape index (κ1) is 112. The lowest BCUT2D eigenvalue weighted by atomic mass is 9.84. The molecule has 0 aliphatic rings. The smallest absolute Gasteiger partial charge is 0.407 e. The average Bonchev–Trinajstić information content (AvgIpc) is 0.850. The first-order valence-electron chi connectivity index (χ1n) is 50.5. The first-order chi connectivity index (χ1) is 56.2. The van der Waals surface area contributed by atoms with Crippen LogP contribution in [0, 0.1) is 5.41 Å². The molecule has 3 amide bonds. The standard InChI is InChI=1S/C99H197N3O12/c1-8-15-22-29-36-43-50-57-64-71-78-106-84-93(85-107-79-72-65-58-51-44-37-30-23-16-9-2)100-96(103)112-90-99(77-70-63-56-49-42-35-28-21-14-7,91-113-97(104)101-94(86-108-80-73-66-59-52-45-38-31-24-17-10-3)87-109-81-74-67-60-53-46-39-32-25-18-11-4)92-114-98(105)102-95(88-110-82-75-68-61-54-47-40-33-26-19-12-5)89-111-83-76-69-62-55-48-41-34-27-20-13-6/h93-95H,8-92H2,1-7H3,(H,100,103)(H,101,104)(H,102,105). The predicted molar refractivity (Wildman–Crippen MR) is 485 cm³/mol. The van der Waals surface area contributed by atoms with Gasteiger partial charge in [-0.1, -0.05) is 453 Å². The minimum absolute atomic E-state index is 0.164. The largest absolute Gasteiger partial charge is 0.449 e. The van der Waals surface area contributed by atoms with Gasteiger partial charge in [0, 0.05) is 39.6 Å². The summed E-state index contributed by atoms with van der Waals surface area (Å²) in [7, 11) is 0. The lowest BCUT2D eigenvalue weighted by molar-refractivity contribution is -0.0274. The molecule has 0 radical (unpaired) electrons. The Bertz CT molecular complexity index is 1610. The lowest BCUT2D eigenvalue weighted by Gasteiger charge is -2.33. The zero-order valence-electron chi connectivity index (χ0n) is 77.2. The minimum atomic E-state index is -1.11.